The molecule has 0 atom stereocenters. The summed E-state index contributed by atoms with van der Waals surface area (Å²) in [7, 11) is 0. The van der Waals surface area contributed by atoms with E-state index in [0.717, 1.165) is 11.4 Å². The number of nitrogens with one attached hydrogen (secondary N) is 1. The standard InChI is InChI=1S/C13H17N3O3S/c1-7(2)5-10-15-16-13(20-10)14-6-8-3-4-9(17)12(19)11(8)18/h3-4,7,17-19H,5-6H2,1-2H3,(H,14,16). The van der Waals surface area contributed by atoms with Crippen molar-refractivity contribution >= 4 is 16.5 Å². The molecule has 0 radical (unpaired) electrons. The maximum Gasteiger partial charge on any atom is 0.205 e. The Morgan fingerprint density at radius 1 is 1.15 bits per heavy atom. The zero-order chi connectivity index (χ0) is 14.7. The van der Waals surface area contributed by atoms with Gasteiger partial charge in [-0.25, -0.2) is 0 Å². The van der Waals surface area contributed by atoms with Crippen LogP contribution in [0.3, 0.4) is 0 Å². The lowest BCUT2D eigenvalue weighted by atomic mass is 10.1. The van der Waals surface area contributed by atoms with E-state index in [4.69, 9.17) is 0 Å². The molecule has 0 fully saturated rings. The largest absolute Gasteiger partial charge is 0.504 e. The van der Waals surface area contributed by atoms with Crippen LogP contribution in [0.5, 0.6) is 17.2 Å². The van der Waals surface area contributed by atoms with E-state index >= 15 is 0 Å². The molecule has 0 aliphatic heterocycles. The van der Waals surface area contributed by atoms with Crippen LogP contribution in [0.2, 0.25) is 0 Å². The van der Waals surface area contributed by atoms with Crippen molar-refractivity contribution in [3.8, 4) is 17.2 Å². The maximum absolute atomic E-state index is 9.70. The lowest BCUT2D eigenvalue weighted by molar-refractivity contribution is 0.365. The van der Waals surface area contributed by atoms with Gasteiger partial charge in [0, 0.05) is 18.5 Å². The molecular formula is C13H17N3O3S. The van der Waals surface area contributed by atoms with Crippen molar-refractivity contribution in [2.75, 3.05) is 5.32 Å². The summed E-state index contributed by atoms with van der Waals surface area (Å²) in [6.45, 7) is 4.52. The first-order valence-corrected chi connectivity index (χ1v) is 7.08. The number of aromatic nitrogens is 2. The van der Waals surface area contributed by atoms with Crippen molar-refractivity contribution in [1.82, 2.24) is 10.2 Å². The minimum Gasteiger partial charge on any atom is -0.504 e. The highest BCUT2D eigenvalue weighted by Crippen LogP contribution is 2.37. The number of anilines is 1. The summed E-state index contributed by atoms with van der Waals surface area (Å²) in [5.74, 6) is -0.665. The van der Waals surface area contributed by atoms with E-state index in [-0.39, 0.29) is 18.0 Å². The Morgan fingerprint density at radius 3 is 2.60 bits per heavy atom. The molecule has 0 bridgehead atoms. The summed E-state index contributed by atoms with van der Waals surface area (Å²) in [6.07, 6.45) is 0.880. The Bertz CT molecular complexity index is 599. The van der Waals surface area contributed by atoms with Gasteiger partial charge in [-0.3, -0.25) is 0 Å². The molecule has 2 aromatic rings. The molecule has 0 saturated heterocycles. The van der Waals surface area contributed by atoms with Crippen LogP contribution in [0.25, 0.3) is 0 Å². The van der Waals surface area contributed by atoms with Crippen molar-refractivity contribution in [3.05, 3.63) is 22.7 Å². The first kappa shape index (κ1) is 14.4. The molecule has 1 aromatic carbocycles. The fourth-order valence-electron chi connectivity index (χ4n) is 1.68. The molecule has 1 aromatic heterocycles. The fourth-order valence-corrected chi connectivity index (χ4v) is 2.63. The maximum atomic E-state index is 9.70. The van der Waals surface area contributed by atoms with Gasteiger partial charge in [0.05, 0.1) is 0 Å². The Hall–Kier alpha value is -2.02. The number of rotatable bonds is 5. The lowest BCUT2D eigenvalue weighted by Crippen LogP contribution is -1.99. The molecule has 0 spiro atoms. The van der Waals surface area contributed by atoms with Crippen molar-refractivity contribution in [2.24, 2.45) is 5.92 Å². The topological polar surface area (TPSA) is 98.5 Å². The predicted octanol–water partition coefficient (Wildman–Crippen LogP) is 2.47. The molecule has 0 amide bonds. The summed E-state index contributed by atoms with van der Waals surface area (Å²) in [5.41, 5.74) is 0.473. The van der Waals surface area contributed by atoms with Crippen molar-refractivity contribution in [3.63, 3.8) is 0 Å². The zero-order valence-electron chi connectivity index (χ0n) is 11.3. The second kappa shape index (κ2) is 5.96. The smallest absolute Gasteiger partial charge is 0.205 e. The molecule has 2 rings (SSSR count). The molecular weight excluding hydrogens is 278 g/mol. The van der Waals surface area contributed by atoms with E-state index < -0.39 is 5.75 Å². The SMILES string of the molecule is CC(C)Cc1nnc(NCc2ccc(O)c(O)c2O)s1. The van der Waals surface area contributed by atoms with Gasteiger partial charge in [-0.15, -0.1) is 10.2 Å². The molecule has 1 heterocycles. The van der Waals surface area contributed by atoms with E-state index in [2.05, 4.69) is 29.4 Å². The van der Waals surface area contributed by atoms with Crippen LogP contribution in [0.1, 0.15) is 24.4 Å². The summed E-state index contributed by atoms with van der Waals surface area (Å²) < 4.78 is 0. The summed E-state index contributed by atoms with van der Waals surface area (Å²) in [6, 6.07) is 2.86. The van der Waals surface area contributed by atoms with Crippen molar-refractivity contribution in [1.29, 1.82) is 0 Å². The predicted molar refractivity (Wildman–Crippen MR) is 77.2 cm³/mol. The van der Waals surface area contributed by atoms with Crippen LogP contribution in [0.4, 0.5) is 5.13 Å². The normalized spacial score (nSPS) is 10.9. The summed E-state index contributed by atoms with van der Waals surface area (Å²) in [5, 5.41) is 41.1. The molecule has 0 saturated carbocycles. The Balaban J connectivity index is 2.02. The van der Waals surface area contributed by atoms with Gasteiger partial charge in [-0.2, -0.15) is 0 Å². The number of hydrogen-bond donors (Lipinski definition) is 4. The van der Waals surface area contributed by atoms with Crippen LogP contribution < -0.4 is 5.32 Å². The first-order valence-electron chi connectivity index (χ1n) is 6.26. The van der Waals surface area contributed by atoms with Crippen LogP contribution in [0, 0.1) is 5.92 Å². The van der Waals surface area contributed by atoms with Gasteiger partial charge >= 0.3 is 0 Å². The van der Waals surface area contributed by atoms with Crippen LogP contribution in [0.15, 0.2) is 12.1 Å². The minimum absolute atomic E-state index is 0.288. The number of hydrogen-bond acceptors (Lipinski definition) is 7. The van der Waals surface area contributed by atoms with Gasteiger partial charge < -0.3 is 20.6 Å². The number of phenols is 3. The van der Waals surface area contributed by atoms with E-state index in [1.54, 1.807) is 0 Å². The molecule has 0 unspecified atom stereocenters. The zero-order valence-corrected chi connectivity index (χ0v) is 12.1. The Labute approximate surface area is 120 Å². The third-order valence-corrected chi connectivity index (χ3v) is 3.60. The molecule has 4 N–H and O–H groups in total. The number of benzene rings is 1. The molecule has 6 nitrogen and oxygen atoms in total. The second-order valence-electron chi connectivity index (χ2n) is 4.89. The molecule has 7 heteroatoms. The van der Waals surface area contributed by atoms with Gasteiger partial charge in [0.15, 0.2) is 11.5 Å². The van der Waals surface area contributed by atoms with Crippen LogP contribution >= 0.6 is 11.3 Å². The van der Waals surface area contributed by atoms with Crippen LogP contribution in [-0.2, 0) is 13.0 Å². The highest BCUT2D eigenvalue weighted by molar-refractivity contribution is 7.15. The fraction of sp³-hybridized carbons (Fsp3) is 0.385. The minimum atomic E-state index is -0.512. The van der Waals surface area contributed by atoms with Gasteiger partial charge in [-0.1, -0.05) is 25.2 Å². The first-order chi connectivity index (χ1) is 9.47. The van der Waals surface area contributed by atoms with Gasteiger partial charge in [0.25, 0.3) is 0 Å². The van der Waals surface area contributed by atoms with Crippen molar-refractivity contribution < 1.29 is 15.3 Å². The summed E-state index contributed by atoms with van der Waals surface area (Å²) >= 11 is 1.47. The van der Waals surface area contributed by atoms with E-state index in [0.29, 0.717) is 16.6 Å². The lowest BCUT2D eigenvalue weighted by Gasteiger charge is -2.07. The van der Waals surface area contributed by atoms with E-state index in [9.17, 15) is 15.3 Å². The van der Waals surface area contributed by atoms with E-state index in [1.807, 2.05) is 0 Å². The average molecular weight is 295 g/mol. The van der Waals surface area contributed by atoms with Gasteiger partial charge in [0.1, 0.15) is 5.01 Å². The molecule has 0 aliphatic rings. The van der Waals surface area contributed by atoms with E-state index in [1.165, 1.54) is 23.5 Å². The average Bonchev–Trinajstić information content (AvgIpc) is 2.82. The van der Waals surface area contributed by atoms with Crippen molar-refractivity contribution in [2.45, 2.75) is 26.8 Å². The van der Waals surface area contributed by atoms with Crippen LogP contribution in [-0.4, -0.2) is 25.5 Å². The summed E-state index contributed by atoms with van der Waals surface area (Å²) in [4.78, 5) is 0. The number of phenolic OH excluding ortho intramolecular Hbond substituents is 3. The highest BCUT2D eigenvalue weighted by Gasteiger charge is 2.12. The molecule has 0 aliphatic carbocycles. The highest BCUT2D eigenvalue weighted by atomic mass is 32.1. The quantitative estimate of drug-likeness (QED) is 0.633. The third kappa shape index (κ3) is 3.30. The van der Waals surface area contributed by atoms with Gasteiger partial charge in [0.2, 0.25) is 10.9 Å². The molecule has 20 heavy (non-hydrogen) atoms. The number of nitrogens with zero attached hydrogens (tertiary/aromatic N) is 2. The Kier molecular flexibility index (Phi) is 4.29. The monoisotopic (exact) mass is 295 g/mol. The second-order valence-corrected chi connectivity index (χ2v) is 5.96. The molecule has 108 valence electrons. The van der Waals surface area contributed by atoms with Gasteiger partial charge in [-0.05, 0) is 18.1 Å². The number of aromatic hydroxyl groups is 3. The Morgan fingerprint density at radius 2 is 1.90 bits per heavy atom. The third-order valence-electron chi connectivity index (χ3n) is 2.69.